The monoisotopic (exact) mass is 709 g/mol. The molecule has 0 spiro atoms. The second-order valence-corrected chi connectivity index (χ2v) is 15.7. The number of carbonyl (C=O) groups is 3. The quantitative estimate of drug-likeness (QED) is 0.0361. The average Bonchev–Trinajstić information content (AvgIpc) is 3.09. The van der Waals surface area contributed by atoms with Crippen molar-refractivity contribution in [2.45, 2.75) is 240 Å². The zero-order chi connectivity index (χ0) is 36.9. The van der Waals surface area contributed by atoms with Gasteiger partial charge >= 0.3 is 17.9 Å². The van der Waals surface area contributed by atoms with E-state index in [1.165, 1.54) is 122 Å². The Labute approximate surface area is 310 Å². The Morgan fingerprint density at radius 1 is 0.420 bits per heavy atom. The summed E-state index contributed by atoms with van der Waals surface area (Å²) in [7, 11) is 0. The van der Waals surface area contributed by atoms with E-state index >= 15 is 0 Å². The minimum atomic E-state index is -0.759. The first-order valence-corrected chi connectivity index (χ1v) is 21.8. The van der Waals surface area contributed by atoms with Gasteiger partial charge in [0, 0.05) is 19.3 Å². The summed E-state index contributed by atoms with van der Waals surface area (Å²) in [5.74, 6) is 0.798. The third kappa shape index (κ3) is 36.2. The Bertz CT molecular complexity index is 766. The number of carbonyl (C=O) groups excluding carboxylic acids is 3. The van der Waals surface area contributed by atoms with Crippen LogP contribution in [0.2, 0.25) is 0 Å². The summed E-state index contributed by atoms with van der Waals surface area (Å²) >= 11 is 0. The molecule has 0 amide bonds. The van der Waals surface area contributed by atoms with Gasteiger partial charge in [-0.1, -0.05) is 195 Å². The highest BCUT2D eigenvalue weighted by molar-refractivity contribution is 5.71. The molecular weight excluding hydrogens is 624 g/mol. The lowest BCUT2D eigenvalue weighted by atomic mass is 9.99. The summed E-state index contributed by atoms with van der Waals surface area (Å²) in [6.07, 6.45) is 33.8. The van der Waals surface area contributed by atoms with Gasteiger partial charge in [0.05, 0.1) is 0 Å². The third-order valence-corrected chi connectivity index (χ3v) is 10.1. The minimum Gasteiger partial charge on any atom is -0.462 e. The van der Waals surface area contributed by atoms with Gasteiger partial charge in [0.25, 0.3) is 0 Å². The molecule has 0 aromatic rings. The molecule has 0 aliphatic rings. The summed E-state index contributed by atoms with van der Waals surface area (Å²) in [4.78, 5) is 37.5. The van der Waals surface area contributed by atoms with Gasteiger partial charge in [-0.2, -0.15) is 0 Å². The van der Waals surface area contributed by atoms with E-state index in [1.54, 1.807) is 0 Å². The molecule has 0 aliphatic carbocycles. The van der Waals surface area contributed by atoms with Crippen LogP contribution in [-0.2, 0) is 28.6 Å². The van der Waals surface area contributed by atoms with Crippen LogP contribution in [0.25, 0.3) is 0 Å². The first-order valence-electron chi connectivity index (χ1n) is 21.8. The van der Waals surface area contributed by atoms with Gasteiger partial charge in [0.15, 0.2) is 6.10 Å². The second kappa shape index (κ2) is 37.2. The molecule has 296 valence electrons. The Hall–Kier alpha value is -1.59. The van der Waals surface area contributed by atoms with Crippen LogP contribution < -0.4 is 0 Å². The lowest BCUT2D eigenvalue weighted by molar-refractivity contribution is -0.167. The molecule has 0 saturated heterocycles. The van der Waals surface area contributed by atoms with Gasteiger partial charge in [0.2, 0.25) is 0 Å². The zero-order valence-electron chi connectivity index (χ0n) is 34.0. The van der Waals surface area contributed by atoms with Crippen LogP contribution in [0.3, 0.4) is 0 Å². The number of ether oxygens (including phenoxy) is 3. The highest BCUT2D eigenvalue weighted by atomic mass is 16.6. The van der Waals surface area contributed by atoms with Crippen molar-refractivity contribution in [3.8, 4) is 0 Å². The van der Waals surface area contributed by atoms with Gasteiger partial charge in [-0.05, 0) is 31.1 Å². The molecule has 0 rings (SSSR count). The Morgan fingerprint density at radius 2 is 0.760 bits per heavy atom. The van der Waals surface area contributed by atoms with Crippen molar-refractivity contribution in [3.05, 3.63) is 0 Å². The van der Waals surface area contributed by atoms with E-state index in [0.717, 1.165) is 69.6 Å². The summed E-state index contributed by atoms with van der Waals surface area (Å²) in [5.41, 5.74) is 0. The molecule has 0 heterocycles. The number of hydrogen-bond donors (Lipinski definition) is 0. The lowest BCUT2D eigenvalue weighted by Crippen LogP contribution is -2.30. The van der Waals surface area contributed by atoms with Crippen LogP contribution >= 0.6 is 0 Å². The van der Waals surface area contributed by atoms with E-state index in [0.29, 0.717) is 19.3 Å². The van der Waals surface area contributed by atoms with Gasteiger partial charge < -0.3 is 14.2 Å². The van der Waals surface area contributed by atoms with Gasteiger partial charge in [0.1, 0.15) is 13.2 Å². The normalized spacial score (nSPS) is 12.6. The van der Waals surface area contributed by atoms with Gasteiger partial charge in [-0.25, -0.2) is 0 Å². The van der Waals surface area contributed by atoms with E-state index < -0.39 is 6.10 Å². The van der Waals surface area contributed by atoms with Crippen molar-refractivity contribution >= 4 is 17.9 Å². The first kappa shape index (κ1) is 48.4. The highest BCUT2D eigenvalue weighted by Crippen LogP contribution is 2.17. The molecular formula is C44H84O6. The Balaban J connectivity index is 4.27. The standard InChI is InChI=1S/C44H84O6/c1-6-8-9-10-17-26-31-36-44(47)50-41(38-49-43(46)35-30-25-21-16-15-18-22-27-32-39(3)4)37-48-42(45)34-29-24-20-14-12-11-13-19-23-28-33-40(5)7-2/h39-41H,6-38H2,1-5H3/t40?,41-/m1/s1. The van der Waals surface area contributed by atoms with Crippen LogP contribution in [0.1, 0.15) is 234 Å². The maximum atomic E-state index is 12.6. The number of hydrogen-bond acceptors (Lipinski definition) is 6. The molecule has 0 bridgehead atoms. The van der Waals surface area contributed by atoms with Crippen molar-refractivity contribution in [2.75, 3.05) is 13.2 Å². The number of rotatable bonds is 38. The molecule has 0 aromatic heterocycles. The molecule has 0 aromatic carbocycles. The molecule has 0 radical (unpaired) electrons. The van der Waals surface area contributed by atoms with E-state index in [4.69, 9.17) is 14.2 Å². The molecule has 0 saturated carbocycles. The first-order chi connectivity index (χ1) is 24.3. The molecule has 50 heavy (non-hydrogen) atoms. The van der Waals surface area contributed by atoms with Crippen molar-refractivity contribution in [3.63, 3.8) is 0 Å². The Kier molecular flexibility index (Phi) is 36.0. The smallest absolute Gasteiger partial charge is 0.306 e. The number of unbranched alkanes of at least 4 members (excludes halogenated alkanes) is 22. The lowest BCUT2D eigenvalue weighted by Gasteiger charge is -2.18. The molecule has 1 unspecified atom stereocenters. The summed E-state index contributed by atoms with van der Waals surface area (Å²) < 4.78 is 16.6. The molecule has 6 nitrogen and oxygen atoms in total. The average molecular weight is 709 g/mol. The van der Waals surface area contributed by atoms with E-state index in [9.17, 15) is 14.4 Å². The summed E-state index contributed by atoms with van der Waals surface area (Å²) in [6.45, 7) is 11.3. The van der Waals surface area contributed by atoms with Crippen LogP contribution in [0, 0.1) is 11.8 Å². The van der Waals surface area contributed by atoms with Crippen LogP contribution in [0.5, 0.6) is 0 Å². The van der Waals surface area contributed by atoms with Crippen LogP contribution in [-0.4, -0.2) is 37.2 Å². The second-order valence-electron chi connectivity index (χ2n) is 15.7. The fourth-order valence-corrected chi connectivity index (χ4v) is 6.37. The third-order valence-electron chi connectivity index (χ3n) is 10.1. The van der Waals surface area contributed by atoms with Crippen molar-refractivity contribution in [1.29, 1.82) is 0 Å². The van der Waals surface area contributed by atoms with Crippen molar-refractivity contribution in [1.82, 2.24) is 0 Å². The molecule has 0 aliphatic heterocycles. The van der Waals surface area contributed by atoms with Crippen molar-refractivity contribution in [2.24, 2.45) is 11.8 Å². The van der Waals surface area contributed by atoms with E-state index in [1.807, 2.05) is 0 Å². The van der Waals surface area contributed by atoms with Gasteiger partial charge in [-0.3, -0.25) is 14.4 Å². The minimum absolute atomic E-state index is 0.0661. The maximum Gasteiger partial charge on any atom is 0.306 e. The number of esters is 3. The predicted octanol–water partition coefficient (Wildman–Crippen LogP) is 13.4. The fraction of sp³-hybridized carbons (Fsp3) is 0.932. The van der Waals surface area contributed by atoms with Gasteiger partial charge in [-0.15, -0.1) is 0 Å². The van der Waals surface area contributed by atoms with E-state index in [2.05, 4.69) is 34.6 Å². The highest BCUT2D eigenvalue weighted by Gasteiger charge is 2.19. The Morgan fingerprint density at radius 3 is 1.14 bits per heavy atom. The van der Waals surface area contributed by atoms with Crippen LogP contribution in [0.4, 0.5) is 0 Å². The topological polar surface area (TPSA) is 78.9 Å². The molecule has 0 N–H and O–H groups in total. The largest absolute Gasteiger partial charge is 0.462 e. The maximum absolute atomic E-state index is 12.6. The zero-order valence-corrected chi connectivity index (χ0v) is 34.0. The van der Waals surface area contributed by atoms with E-state index in [-0.39, 0.29) is 31.1 Å². The summed E-state index contributed by atoms with van der Waals surface area (Å²) in [6, 6.07) is 0. The SMILES string of the molecule is CCCCCCCCCC(=O)O[C@H](COC(=O)CCCCCCCCCCCCC(C)CC)COC(=O)CCCCCCCCCCC(C)C. The molecule has 6 heteroatoms. The van der Waals surface area contributed by atoms with Crippen LogP contribution in [0.15, 0.2) is 0 Å². The fourth-order valence-electron chi connectivity index (χ4n) is 6.37. The summed E-state index contributed by atoms with van der Waals surface area (Å²) in [5, 5.41) is 0. The molecule has 0 fully saturated rings. The predicted molar refractivity (Wildman–Crippen MR) is 210 cm³/mol. The van der Waals surface area contributed by atoms with Crippen molar-refractivity contribution < 1.29 is 28.6 Å². The molecule has 2 atom stereocenters.